The molecule has 0 saturated heterocycles. The SMILES string of the molecule is COc1ccc(Cl)cc1S(=O)(=O)NCCn1c(C(F)(F)F)nc2cccnc21. The van der Waals surface area contributed by atoms with Crippen LogP contribution >= 0.6 is 11.6 Å². The third-order valence-corrected chi connectivity index (χ3v) is 5.52. The number of pyridine rings is 1. The molecule has 12 heteroatoms. The molecule has 0 aliphatic rings. The lowest BCUT2D eigenvalue weighted by atomic mass is 10.3. The van der Waals surface area contributed by atoms with Gasteiger partial charge in [0.25, 0.3) is 0 Å². The van der Waals surface area contributed by atoms with E-state index in [4.69, 9.17) is 16.3 Å². The number of nitrogens with one attached hydrogen (secondary N) is 1. The lowest BCUT2D eigenvalue weighted by molar-refractivity contribution is -0.146. The van der Waals surface area contributed by atoms with Crippen LogP contribution in [0.15, 0.2) is 41.4 Å². The Balaban J connectivity index is 1.87. The van der Waals surface area contributed by atoms with Gasteiger partial charge in [-0.25, -0.2) is 23.1 Å². The fraction of sp³-hybridized carbons (Fsp3) is 0.250. The molecule has 7 nitrogen and oxygen atoms in total. The van der Waals surface area contributed by atoms with Crippen molar-refractivity contribution in [1.82, 2.24) is 19.3 Å². The quantitative estimate of drug-likeness (QED) is 0.644. The zero-order valence-corrected chi connectivity index (χ0v) is 15.9. The van der Waals surface area contributed by atoms with Gasteiger partial charge in [-0.3, -0.25) is 0 Å². The van der Waals surface area contributed by atoms with E-state index in [2.05, 4.69) is 14.7 Å². The van der Waals surface area contributed by atoms with E-state index in [1.807, 2.05) is 0 Å². The molecule has 28 heavy (non-hydrogen) atoms. The van der Waals surface area contributed by atoms with Gasteiger partial charge in [-0.1, -0.05) is 11.6 Å². The second kappa shape index (κ2) is 7.57. The molecule has 1 N–H and O–H groups in total. The zero-order valence-electron chi connectivity index (χ0n) is 14.4. The van der Waals surface area contributed by atoms with Crippen LogP contribution in [0.4, 0.5) is 13.2 Å². The predicted molar refractivity (Wildman–Crippen MR) is 95.7 cm³/mol. The average molecular weight is 435 g/mol. The maximum Gasteiger partial charge on any atom is 0.449 e. The molecule has 3 rings (SSSR count). The lowest BCUT2D eigenvalue weighted by Gasteiger charge is -2.13. The molecule has 0 fully saturated rings. The molecular weight excluding hydrogens is 421 g/mol. The van der Waals surface area contributed by atoms with Crippen molar-refractivity contribution < 1.29 is 26.3 Å². The molecule has 2 heterocycles. The molecule has 0 amide bonds. The van der Waals surface area contributed by atoms with Crippen LogP contribution in [0, 0.1) is 0 Å². The summed E-state index contributed by atoms with van der Waals surface area (Å²) in [5.74, 6) is -1.09. The molecule has 0 bridgehead atoms. The summed E-state index contributed by atoms with van der Waals surface area (Å²) in [6, 6.07) is 6.89. The number of alkyl halides is 3. The first-order valence-corrected chi connectivity index (χ1v) is 9.71. The van der Waals surface area contributed by atoms with E-state index < -0.39 is 22.0 Å². The van der Waals surface area contributed by atoms with Crippen LogP contribution in [0.5, 0.6) is 5.75 Å². The Morgan fingerprint density at radius 3 is 2.71 bits per heavy atom. The van der Waals surface area contributed by atoms with Crippen molar-refractivity contribution in [3.8, 4) is 5.75 Å². The Kier molecular flexibility index (Phi) is 5.50. The molecular formula is C16H14ClF3N4O3S. The Morgan fingerprint density at radius 1 is 1.29 bits per heavy atom. The van der Waals surface area contributed by atoms with Crippen molar-refractivity contribution in [1.29, 1.82) is 0 Å². The molecule has 1 aromatic carbocycles. The maximum absolute atomic E-state index is 13.3. The number of hydrogen-bond donors (Lipinski definition) is 1. The number of sulfonamides is 1. The lowest BCUT2D eigenvalue weighted by Crippen LogP contribution is -2.29. The maximum atomic E-state index is 13.3. The topological polar surface area (TPSA) is 86.1 Å². The Hall–Kier alpha value is -2.37. The molecule has 150 valence electrons. The second-order valence-corrected chi connectivity index (χ2v) is 7.80. The minimum absolute atomic E-state index is 0.00867. The first kappa shape index (κ1) is 20.4. The van der Waals surface area contributed by atoms with Crippen molar-refractivity contribution in [3.63, 3.8) is 0 Å². The minimum atomic E-state index is -4.71. The third kappa shape index (κ3) is 4.05. The van der Waals surface area contributed by atoms with E-state index in [9.17, 15) is 21.6 Å². The monoisotopic (exact) mass is 434 g/mol. The number of nitrogens with zero attached hydrogens (tertiary/aromatic N) is 3. The van der Waals surface area contributed by atoms with E-state index in [0.29, 0.717) is 0 Å². The smallest absolute Gasteiger partial charge is 0.449 e. The molecule has 3 aromatic rings. The van der Waals surface area contributed by atoms with E-state index in [1.54, 1.807) is 0 Å². The Bertz CT molecular complexity index is 1120. The first-order valence-electron chi connectivity index (χ1n) is 7.85. The number of aromatic nitrogens is 3. The Labute approximate surface area is 163 Å². The largest absolute Gasteiger partial charge is 0.495 e. The number of methoxy groups -OCH3 is 1. The number of hydrogen-bond acceptors (Lipinski definition) is 5. The first-order chi connectivity index (χ1) is 13.1. The van der Waals surface area contributed by atoms with Gasteiger partial charge in [-0.15, -0.1) is 0 Å². The van der Waals surface area contributed by atoms with Crippen molar-refractivity contribution in [2.24, 2.45) is 0 Å². The summed E-state index contributed by atoms with van der Waals surface area (Å²) in [5.41, 5.74) is 0.0727. The highest BCUT2D eigenvalue weighted by atomic mass is 35.5. The average Bonchev–Trinajstić information content (AvgIpc) is 3.01. The minimum Gasteiger partial charge on any atom is -0.495 e. The van der Waals surface area contributed by atoms with Crippen molar-refractivity contribution in [3.05, 3.63) is 47.4 Å². The molecule has 0 unspecified atom stereocenters. The van der Waals surface area contributed by atoms with Gasteiger partial charge in [-0.2, -0.15) is 13.2 Å². The van der Waals surface area contributed by atoms with Crippen LogP contribution in [0.2, 0.25) is 5.02 Å². The Morgan fingerprint density at radius 2 is 2.04 bits per heavy atom. The van der Waals surface area contributed by atoms with Gasteiger partial charge in [0.15, 0.2) is 5.65 Å². The summed E-state index contributed by atoms with van der Waals surface area (Å²) in [6.45, 7) is -0.659. The second-order valence-electron chi connectivity index (χ2n) is 5.62. The van der Waals surface area contributed by atoms with Gasteiger partial charge in [0.2, 0.25) is 15.8 Å². The standard InChI is InChI=1S/C16H14ClF3N4O3S/c1-27-12-5-4-10(17)9-13(12)28(25,26)22-7-8-24-14-11(3-2-6-21-14)23-15(24)16(18,19)20/h2-6,9,22H,7-8H2,1H3. The third-order valence-electron chi connectivity index (χ3n) is 3.80. The van der Waals surface area contributed by atoms with Crippen molar-refractivity contribution in [2.45, 2.75) is 17.6 Å². The highest BCUT2D eigenvalue weighted by Crippen LogP contribution is 2.31. The summed E-state index contributed by atoms with van der Waals surface area (Å²) in [7, 11) is -2.78. The van der Waals surface area contributed by atoms with Gasteiger partial charge in [-0.05, 0) is 30.3 Å². The number of ether oxygens (including phenoxy) is 1. The fourth-order valence-corrected chi connectivity index (χ4v) is 4.07. The van der Waals surface area contributed by atoms with Gasteiger partial charge in [0.1, 0.15) is 16.2 Å². The van der Waals surface area contributed by atoms with Gasteiger partial charge >= 0.3 is 6.18 Å². The molecule has 0 atom stereocenters. The summed E-state index contributed by atoms with van der Waals surface area (Å²) >= 11 is 5.84. The van der Waals surface area contributed by atoms with Crippen LogP contribution in [0.1, 0.15) is 5.82 Å². The summed E-state index contributed by atoms with van der Waals surface area (Å²) in [5, 5.41) is 0.172. The van der Waals surface area contributed by atoms with Gasteiger partial charge in [0, 0.05) is 24.3 Å². The zero-order chi connectivity index (χ0) is 20.5. The van der Waals surface area contributed by atoms with E-state index in [-0.39, 0.29) is 39.9 Å². The summed E-state index contributed by atoms with van der Waals surface area (Å²) in [4.78, 5) is 7.25. The summed E-state index contributed by atoms with van der Waals surface area (Å²) < 4.78 is 73.0. The van der Waals surface area contributed by atoms with Crippen LogP contribution in [0.25, 0.3) is 11.2 Å². The normalized spacial score (nSPS) is 12.5. The van der Waals surface area contributed by atoms with Gasteiger partial charge in [0.05, 0.1) is 7.11 Å². The molecule has 2 aromatic heterocycles. The number of halogens is 4. The molecule has 0 radical (unpaired) electrons. The van der Waals surface area contributed by atoms with Gasteiger partial charge < -0.3 is 9.30 Å². The number of fused-ring (bicyclic) bond motifs is 1. The van der Waals surface area contributed by atoms with Crippen LogP contribution in [-0.2, 0) is 22.7 Å². The van der Waals surface area contributed by atoms with Crippen molar-refractivity contribution in [2.75, 3.05) is 13.7 Å². The van der Waals surface area contributed by atoms with Crippen LogP contribution in [0.3, 0.4) is 0 Å². The van der Waals surface area contributed by atoms with E-state index in [1.165, 1.54) is 43.6 Å². The van der Waals surface area contributed by atoms with Crippen LogP contribution < -0.4 is 9.46 Å². The molecule has 0 spiro atoms. The predicted octanol–water partition coefficient (Wildman–Crippen LogP) is 3.09. The molecule has 0 aliphatic heterocycles. The fourth-order valence-electron chi connectivity index (χ4n) is 2.62. The highest BCUT2D eigenvalue weighted by Gasteiger charge is 2.37. The molecule has 0 saturated carbocycles. The van der Waals surface area contributed by atoms with Crippen LogP contribution in [-0.4, -0.2) is 36.6 Å². The number of benzene rings is 1. The van der Waals surface area contributed by atoms with E-state index in [0.717, 1.165) is 4.57 Å². The van der Waals surface area contributed by atoms with E-state index >= 15 is 0 Å². The summed E-state index contributed by atoms with van der Waals surface area (Å²) in [6.07, 6.45) is -3.38. The molecule has 0 aliphatic carbocycles. The van der Waals surface area contributed by atoms with Crippen molar-refractivity contribution >= 4 is 32.8 Å². The highest BCUT2D eigenvalue weighted by molar-refractivity contribution is 7.89. The number of imidazole rings is 1. The number of rotatable bonds is 6.